The summed E-state index contributed by atoms with van der Waals surface area (Å²) in [5.41, 5.74) is 6.78. The molecule has 0 fully saturated rings. The van der Waals surface area contributed by atoms with E-state index in [1.807, 2.05) is 0 Å². The Morgan fingerprint density at radius 2 is 1.50 bits per heavy atom. The van der Waals surface area contributed by atoms with Crippen LogP contribution >= 0.6 is 11.6 Å². The molecule has 2 amide bonds. The van der Waals surface area contributed by atoms with E-state index in [0.29, 0.717) is 21.2 Å². The fourth-order valence-corrected chi connectivity index (χ4v) is 2.85. The second-order valence-electron chi connectivity index (χ2n) is 6.02. The summed E-state index contributed by atoms with van der Waals surface area (Å²) in [6.45, 7) is 1.72. The molecule has 0 saturated carbocycles. The molecule has 1 unspecified atom stereocenters. The van der Waals surface area contributed by atoms with Crippen LogP contribution in [-0.4, -0.2) is 22.1 Å². The van der Waals surface area contributed by atoms with E-state index >= 15 is 0 Å². The van der Waals surface area contributed by atoms with Crippen molar-refractivity contribution in [1.82, 2.24) is 5.06 Å². The first kappa shape index (κ1) is 17.9. The van der Waals surface area contributed by atoms with Crippen molar-refractivity contribution in [3.63, 3.8) is 0 Å². The quantitative estimate of drug-likeness (QED) is 0.535. The Bertz CT molecular complexity index is 986. The molecule has 132 valence electrons. The lowest BCUT2D eigenvalue weighted by atomic mass is 10.0. The van der Waals surface area contributed by atoms with Gasteiger partial charge in [0, 0.05) is 16.1 Å². The van der Waals surface area contributed by atoms with Gasteiger partial charge in [0.05, 0.1) is 6.04 Å². The predicted octanol–water partition coefficient (Wildman–Crippen LogP) is 4.18. The highest BCUT2D eigenvalue weighted by Gasteiger charge is 2.21. The SMILES string of the molecule is CC(c1ccc(Cl)cc1)N(O)C(=O)c1ccc2cc(C(N)=O)ccc2c1. The van der Waals surface area contributed by atoms with Crippen LogP contribution < -0.4 is 5.73 Å². The van der Waals surface area contributed by atoms with E-state index in [-0.39, 0.29) is 0 Å². The van der Waals surface area contributed by atoms with Gasteiger partial charge in [0.1, 0.15) is 0 Å². The zero-order valence-corrected chi connectivity index (χ0v) is 14.8. The van der Waals surface area contributed by atoms with E-state index in [2.05, 4.69) is 0 Å². The topological polar surface area (TPSA) is 83.6 Å². The van der Waals surface area contributed by atoms with Crippen LogP contribution in [0.4, 0.5) is 0 Å². The number of carbonyl (C=O) groups excluding carboxylic acids is 2. The lowest BCUT2D eigenvalue weighted by Crippen LogP contribution is -2.30. The number of hydrogen-bond acceptors (Lipinski definition) is 3. The molecule has 6 heteroatoms. The van der Waals surface area contributed by atoms with Gasteiger partial charge in [0.15, 0.2) is 0 Å². The molecule has 5 nitrogen and oxygen atoms in total. The lowest BCUT2D eigenvalue weighted by Gasteiger charge is -2.23. The molecule has 0 aliphatic carbocycles. The van der Waals surface area contributed by atoms with Crippen molar-refractivity contribution in [2.45, 2.75) is 13.0 Å². The van der Waals surface area contributed by atoms with Crippen LogP contribution in [0, 0.1) is 0 Å². The van der Waals surface area contributed by atoms with Crippen LogP contribution in [0.25, 0.3) is 10.8 Å². The third kappa shape index (κ3) is 3.54. The average molecular weight is 369 g/mol. The van der Waals surface area contributed by atoms with Gasteiger partial charge in [-0.05, 0) is 59.7 Å². The van der Waals surface area contributed by atoms with Crippen LogP contribution in [0.3, 0.4) is 0 Å². The van der Waals surface area contributed by atoms with Crippen molar-refractivity contribution >= 4 is 34.2 Å². The smallest absolute Gasteiger partial charge is 0.277 e. The minimum absolute atomic E-state index is 0.340. The van der Waals surface area contributed by atoms with Gasteiger partial charge in [-0.15, -0.1) is 0 Å². The first-order chi connectivity index (χ1) is 12.4. The Hall–Kier alpha value is -2.89. The van der Waals surface area contributed by atoms with Gasteiger partial charge in [-0.25, -0.2) is 5.06 Å². The second kappa shape index (κ2) is 7.15. The molecule has 0 heterocycles. The van der Waals surface area contributed by atoms with Crippen LogP contribution in [-0.2, 0) is 0 Å². The summed E-state index contributed by atoms with van der Waals surface area (Å²) < 4.78 is 0. The number of carbonyl (C=O) groups is 2. The first-order valence-corrected chi connectivity index (χ1v) is 8.36. The molecule has 0 spiro atoms. The Morgan fingerprint density at radius 1 is 0.962 bits per heavy atom. The Labute approximate surface area is 155 Å². The molecule has 3 aromatic rings. The molecular weight excluding hydrogens is 352 g/mol. The van der Waals surface area contributed by atoms with Gasteiger partial charge in [-0.1, -0.05) is 35.9 Å². The zero-order valence-electron chi connectivity index (χ0n) is 14.0. The zero-order chi connectivity index (χ0) is 18.8. The lowest BCUT2D eigenvalue weighted by molar-refractivity contribution is -0.0854. The van der Waals surface area contributed by atoms with Crippen molar-refractivity contribution < 1.29 is 14.8 Å². The van der Waals surface area contributed by atoms with Gasteiger partial charge in [0.2, 0.25) is 5.91 Å². The van der Waals surface area contributed by atoms with Crippen molar-refractivity contribution in [3.8, 4) is 0 Å². The van der Waals surface area contributed by atoms with Gasteiger partial charge in [-0.3, -0.25) is 14.8 Å². The minimum atomic E-state index is -0.535. The number of benzene rings is 3. The maximum atomic E-state index is 12.6. The number of halogens is 1. The Kier molecular flexibility index (Phi) is 4.93. The number of fused-ring (bicyclic) bond motifs is 1. The van der Waals surface area contributed by atoms with E-state index in [1.54, 1.807) is 67.6 Å². The highest BCUT2D eigenvalue weighted by atomic mass is 35.5. The largest absolute Gasteiger partial charge is 0.366 e. The number of rotatable bonds is 4. The molecular formula is C20H17ClN2O3. The molecule has 0 saturated heterocycles. The summed E-state index contributed by atoms with van der Waals surface area (Å²) in [6, 6.07) is 16.4. The van der Waals surface area contributed by atoms with Crippen molar-refractivity contribution in [3.05, 3.63) is 82.4 Å². The molecule has 0 aliphatic heterocycles. The highest BCUT2D eigenvalue weighted by molar-refractivity contribution is 6.30. The van der Waals surface area contributed by atoms with Crippen molar-refractivity contribution in [2.75, 3.05) is 0 Å². The van der Waals surface area contributed by atoms with E-state index < -0.39 is 17.9 Å². The highest BCUT2D eigenvalue weighted by Crippen LogP contribution is 2.24. The van der Waals surface area contributed by atoms with Gasteiger partial charge in [0.25, 0.3) is 5.91 Å². The number of hydrogen-bond donors (Lipinski definition) is 2. The van der Waals surface area contributed by atoms with Gasteiger partial charge >= 0.3 is 0 Å². The van der Waals surface area contributed by atoms with Gasteiger partial charge in [-0.2, -0.15) is 0 Å². The van der Waals surface area contributed by atoms with Crippen LogP contribution in [0.5, 0.6) is 0 Å². The first-order valence-electron chi connectivity index (χ1n) is 7.98. The van der Waals surface area contributed by atoms with Gasteiger partial charge < -0.3 is 5.73 Å². The predicted molar refractivity (Wildman–Crippen MR) is 100 cm³/mol. The normalized spacial score (nSPS) is 12.0. The van der Waals surface area contributed by atoms with E-state index in [0.717, 1.165) is 16.3 Å². The van der Waals surface area contributed by atoms with Crippen molar-refractivity contribution in [2.24, 2.45) is 5.73 Å². The summed E-state index contributed by atoms with van der Waals surface area (Å²) in [6.07, 6.45) is 0. The number of hydroxylamine groups is 2. The van der Waals surface area contributed by atoms with E-state index in [4.69, 9.17) is 17.3 Å². The molecule has 1 atom stereocenters. The summed E-state index contributed by atoms with van der Waals surface area (Å²) in [5.74, 6) is -1.03. The van der Waals surface area contributed by atoms with E-state index in [1.165, 1.54) is 0 Å². The molecule has 3 N–H and O–H groups in total. The minimum Gasteiger partial charge on any atom is -0.366 e. The Morgan fingerprint density at radius 3 is 2.08 bits per heavy atom. The van der Waals surface area contributed by atoms with Crippen LogP contribution in [0.2, 0.25) is 5.02 Å². The summed E-state index contributed by atoms with van der Waals surface area (Å²) in [4.78, 5) is 23.9. The second-order valence-corrected chi connectivity index (χ2v) is 6.45. The fraction of sp³-hybridized carbons (Fsp3) is 0.100. The molecule has 0 radical (unpaired) electrons. The summed E-state index contributed by atoms with van der Waals surface area (Å²) in [5, 5.41) is 13.2. The molecule has 0 bridgehead atoms. The molecule has 26 heavy (non-hydrogen) atoms. The maximum absolute atomic E-state index is 12.6. The summed E-state index contributed by atoms with van der Waals surface area (Å²) >= 11 is 5.87. The van der Waals surface area contributed by atoms with Crippen molar-refractivity contribution in [1.29, 1.82) is 0 Å². The molecule has 0 aromatic heterocycles. The Balaban J connectivity index is 1.87. The van der Waals surface area contributed by atoms with Crippen LogP contribution in [0.1, 0.15) is 39.2 Å². The van der Waals surface area contributed by atoms with E-state index in [9.17, 15) is 14.8 Å². The number of primary amides is 1. The number of nitrogens with zero attached hydrogens (tertiary/aromatic N) is 1. The average Bonchev–Trinajstić information content (AvgIpc) is 2.66. The monoisotopic (exact) mass is 368 g/mol. The number of nitrogens with two attached hydrogens (primary N) is 1. The maximum Gasteiger partial charge on any atom is 0.277 e. The fourth-order valence-electron chi connectivity index (χ4n) is 2.72. The molecule has 0 aliphatic rings. The summed E-state index contributed by atoms with van der Waals surface area (Å²) in [7, 11) is 0. The third-order valence-electron chi connectivity index (χ3n) is 4.30. The number of amides is 2. The molecule has 3 aromatic carbocycles. The third-order valence-corrected chi connectivity index (χ3v) is 4.55. The molecule has 3 rings (SSSR count). The van der Waals surface area contributed by atoms with Crippen LogP contribution in [0.15, 0.2) is 60.7 Å². The standard InChI is InChI=1S/C20H17ClN2O3/c1-12(13-6-8-18(21)9-7-13)23(26)20(25)17-5-3-14-10-16(19(22)24)4-2-15(14)11-17/h2-12,26H,1H3,(H2,22,24).